The molecule has 0 heterocycles. The van der Waals surface area contributed by atoms with Crippen molar-refractivity contribution in [2.45, 2.75) is 33.2 Å². The van der Waals surface area contributed by atoms with Crippen LogP contribution in [0.25, 0.3) is 0 Å². The van der Waals surface area contributed by atoms with Crippen LogP contribution in [0.5, 0.6) is 0 Å². The standard InChI is InChI=1S/C13H21BrN2/c1-3-5-16(6-4-2)13-8-11(10-15)7-12(14)9-13/h7-9H,3-6,10,15H2,1-2H3. The summed E-state index contributed by atoms with van der Waals surface area (Å²) < 4.78 is 1.11. The molecule has 0 fully saturated rings. The van der Waals surface area contributed by atoms with Crippen LogP contribution >= 0.6 is 15.9 Å². The lowest BCUT2D eigenvalue weighted by Crippen LogP contribution is -2.25. The summed E-state index contributed by atoms with van der Waals surface area (Å²) in [5, 5.41) is 0. The summed E-state index contributed by atoms with van der Waals surface area (Å²) in [6.45, 7) is 7.23. The number of nitrogens with two attached hydrogens (primary N) is 1. The van der Waals surface area contributed by atoms with Gasteiger partial charge >= 0.3 is 0 Å². The Morgan fingerprint density at radius 1 is 1.12 bits per heavy atom. The fraction of sp³-hybridized carbons (Fsp3) is 0.538. The van der Waals surface area contributed by atoms with Crippen LogP contribution in [0.15, 0.2) is 22.7 Å². The molecule has 3 heteroatoms. The first kappa shape index (κ1) is 13.5. The van der Waals surface area contributed by atoms with Gasteiger partial charge in [0.1, 0.15) is 0 Å². The average molecular weight is 285 g/mol. The van der Waals surface area contributed by atoms with Crippen molar-refractivity contribution >= 4 is 21.6 Å². The van der Waals surface area contributed by atoms with Crippen molar-refractivity contribution in [3.05, 3.63) is 28.2 Å². The zero-order valence-corrected chi connectivity index (χ0v) is 11.8. The maximum atomic E-state index is 5.70. The van der Waals surface area contributed by atoms with Gasteiger partial charge in [0, 0.05) is 29.8 Å². The summed E-state index contributed by atoms with van der Waals surface area (Å²) in [4.78, 5) is 2.42. The topological polar surface area (TPSA) is 29.3 Å². The third-order valence-corrected chi connectivity index (χ3v) is 2.99. The van der Waals surface area contributed by atoms with Crippen LogP contribution in [0.2, 0.25) is 0 Å². The zero-order chi connectivity index (χ0) is 12.0. The van der Waals surface area contributed by atoms with E-state index in [1.54, 1.807) is 0 Å². The van der Waals surface area contributed by atoms with Gasteiger partial charge in [-0.1, -0.05) is 29.8 Å². The highest BCUT2D eigenvalue weighted by Crippen LogP contribution is 2.23. The lowest BCUT2D eigenvalue weighted by Gasteiger charge is -2.24. The molecule has 0 unspecified atom stereocenters. The molecule has 1 rings (SSSR count). The maximum Gasteiger partial charge on any atom is 0.0380 e. The predicted molar refractivity (Wildman–Crippen MR) is 74.8 cm³/mol. The molecule has 0 aliphatic rings. The minimum Gasteiger partial charge on any atom is -0.372 e. The van der Waals surface area contributed by atoms with Gasteiger partial charge in [0.2, 0.25) is 0 Å². The molecule has 0 atom stereocenters. The van der Waals surface area contributed by atoms with Crippen LogP contribution in [-0.2, 0) is 6.54 Å². The third-order valence-electron chi connectivity index (χ3n) is 2.53. The van der Waals surface area contributed by atoms with Gasteiger partial charge in [0.05, 0.1) is 0 Å². The fourth-order valence-electron chi connectivity index (χ4n) is 1.84. The minimum atomic E-state index is 0.596. The van der Waals surface area contributed by atoms with Crippen molar-refractivity contribution in [2.24, 2.45) is 5.73 Å². The SMILES string of the molecule is CCCN(CCC)c1cc(Br)cc(CN)c1. The molecule has 0 amide bonds. The lowest BCUT2D eigenvalue weighted by molar-refractivity contribution is 0.744. The number of nitrogens with zero attached hydrogens (tertiary/aromatic N) is 1. The van der Waals surface area contributed by atoms with Crippen LogP contribution in [-0.4, -0.2) is 13.1 Å². The molecule has 0 spiro atoms. The summed E-state index contributed by atoms with van der Waals surface area (Å²) in [6, 6.07) is 6.44. The van der Waals surface area contributed by atoms with Crippen molar-refractivity contribution in [3.8, 4) is 0 Å². The number of benzene rings is 1. The Bertz CT molecular complexity index is 320. The second-order valence-corrected chi connectivity index (χ2v) is 4.92. The van der Waals surface area contributed by atoms with Crippen LogP contribution in [0.1, 0.15) is 32.3 Å². The van der Waals surface area contributed by atoms with Crippen molar-refractivity contribution in [3.63, 3.8) is 0 Å². The molecule has 0 saturated carbocycles. The van der Waals surface area contributed by atoms with Gasteiger partial charge in [-0.15, -0.1) is 0 Å². The molecule has 0 aromatic heterocycles. The van der Waals surface area contributed by atoms with Gasteiger partial charge in [-0.05, 0) is 36.6 Å². The molecule has 1 aromatic carbocycles. The summed E-state index contributed by atoms with van der Waals surface area (Å²) in [6.07, 6.45) is 2.34. The highest BCUT2D eigenvalue weighted by Gasteiger charge is 2.06. The third kappa shape index (κ3) is 3.80. The maximum absolute atomic E-state index is 5.70. The van der Waals surface area contributed by atoms with Crippen LogP contribution in [0, 0.1) is 0 Å². The van der Waals surface area contributed by atoms with E-state index in [4.69, 9.17) is 5.73 Å². The van der Waals surface area contributed by atoms with Crippen molar-refractivity contribution in [1.29, 1.82) is 0 Å². The zero-order valence-electron chi connectivity index (χ0n) is 10.2. The normalized spacial score (nSPS) is 10.5. The first-order valence-corrected chi connectivity index (χ1v) is 6.75. The highest BCUT2D eigenvalue weighted by atomic mass is 79.9. The molecule has 2 N–H and O–H groups in total. The Labute approximate surface area is 107 Å². The summed E-state index contributed by atoms with van der Waals surface area (Å²) in [5.74, 6) is 0. The molecule has 90 valence electrons. The van der Waals surface area contributed by atoms with Crippen molar-refractivity contribution in [2.75, 3.05) is 18.0 Å². The minimum absolute atomic E-state index is 0.596. The lowest BCUT2D eigenvalue weighted by atomic mass is 10.2. The molecule has 16 heavy (non-hydrogen) atoms. The quantitative estimate of drug-likeness (QED) is 0.866. The van der Waals surface area contributed by atoms with Gasteiger partial charge < -0.3 is 10.6 Å². The van der Waals surface area contributed by atoms with Crippen LogP contribution < -0.4 is 10.6 Å². The van der Waals surface area contributed by atoms with E-state index < -0.39 is 0 Å². The Balaban J connectivity index is 2.93. The summed E-state index contributed by atoms with van der Waals surface area (Å²) >= 11 is 3.54. The van der Waals surface area contributed by atoms with E-state index in [9.17, 15) is 0 Å². The first-order chi connectivity index (χ1) is 7.71. The molecule has 0 bridgehead atoms. The Morgan fingerprint density at radius 3 is 2.25 bits per heavy atom. The van der Waals surface area contributed by atoms with E-state index >= 15 is 0 Å². The number of anilines is 1. The smallest absolute Gasteiger partial charge is 0.0380 e. The fourth-order valence-corrected chi connectivity index (χ4v) is 2.37. The van der Waals surface area contributed by atoms with Gasteiger partial charge in [0.25, 0.3) is 0 Å². The molecule has 0 radical (unpaired) electrons. The van der Waals surface area contributed by atoms with Crippen molar-refractivity contribution < 1.29 is 0 Å². The monoisotopic (exact) mass is 284 g/mol. The molecule has 1 aromatic rings. The van der Waals surface area contributed by atoms with E-state index in [0.29, 0.717) is 6.54 Å². The first-order valence-electron chi connectivity index (χ1n) is 5.95. The molecule has 0 aliphatic heterocycles. The van der Waals surface area contributed by atoms with Gasteiger partial charge in [-0.2, -0.15) is 0 Å². The number of halogens is 1. The second-order valence-electron chi connectivity index (χ2n) is 4.01. The molecular formula is C13H21BrN2. The van der Waals surface area contributed by atoms with Crippen molar-refractivity contribution in [1.82, 2.24) is 0 Å². The Hall–Kier alpha value is -0.540. The van der Waals surface area contributed by atoms with Gasteiger partial charge in [-0.3, -0.25) is 0 Å². The Morgan fingerprint density at radius 2 is 1.75 bits per heavy atom. The predicted octanol–water partition coefficient (Wildman–Crippen LogP) is 3.53. The molecule has 2 nitrogen and oxygen atoms in total. The molecule has 0 saturated heterocycles. The largest absolute Gasteiger partial charge is 0.372 e. The highest BCUT2D eigenvalue weighted by molar-refractivity contribution is 9.10. The van der Waals surface area contributed by atoms with E-state index in [0.717, 1.165) is 17.6 Å². The van der Waals surface area contributed by atoms with E-state index in [2.05, 4.69) is 52.9 Å². The van der Waals surface area contributed by atoms with Crippen LogP contribution in [0.3, 0.4) is 0 Å². The van der Waals surface area contributed by atoms with E-state index in [1.165, 1.54) is 24.1 Å². The van der Waals surface area contributed by atoms with Crippen LogP contribution in [0.4, 0.5) is 5.69 Å². The second kappa shape index (κ2) is 6.92. The van der Waals surface area contributed by atoms with E-state index in [1.807, 2.05) is 0 Å². The summed E-state index contributed by atoms with van der Waals surface area (Å²) in [7, 11) is 0. The number of hydrogen-bond donors (Lipinski definition) is 1. The average Bonchev–Trinajstić information content (AvgIpc) is 2.28. The number of rotatable bonds is 6. The van der Waals surface area contributed by atoms with E-state index in [-0.39, 0.29) is 0 Å². The van der Waals surface area contributed by atoms with Gasteiger partial charge in [0.15, 0.2) is 0 Å². The summed E-state index contributed by atoms with van der Waals surface area (Å²) in [5.41, 5.74) is 8.15. The number of hydrogen-bond acceptors (Lipinski definition) is 2. The molecule has 0 aliphatic carbocycles. The van der Waals surface area contributed by atoms with Gasteiger partial charge in [-0.25, -0.2) is 0 Å². The molecular weight excluding hydrogens is 264 g/mol. The Kier molecular flexibility index (Phi) is 5.85.